The maximum Gasteiger partial charge on any atom is 0.0791 e. The third kappa shape index (κ3) is 12.5. The molecule has 0 aliphatic carbocycles. The average Bonchev–Trinajstić information content (AvgIpc) is 2.60. The van der Waals surface area contributed by atoms with Gasteiger partial charge in [-0.25, -0.2) is 4.89 Å². The molecule has 1 aliphatic rings. The van der Waals surface area contributed by atoms with E-state index in [0.717, 1.165) is 19.5 Å². The molecule has 1 unspecified atom stereocenters. The molecule has 1 saturated heterocycles. The van der Waals surface area contributed by atoms with Crippen LogP contribution in [-0.2, 0) is 4.89 Å². The smallest absolute Gasteiger partial charge is 0.0791 e. The molecule has 0 aromatic carbocycles. The Hall–Kier alpha value is -0.160. The van der Waals surface area contributed by atoms with Crippen LogP contribution in [0.2, 0.25) is 0 Å². The lowest BCUT2D eigenvalue weighted by molar-refractivity contribution is -0.237. The summed E-state index contributed by atoms with van der Waals surface area (Å²) in [5.74, 6) is 0. The van der Waals surface area contributed by atoms with Crippen LogP contribution in [0.4, 0.5) is 0 Å². The highest BCUT2D eigenvalue weighted by molar-refractivity contribution is 4.72. The van der Waals surface area contributed by atoms with Crippen molar-refractivity contribution in [1.82, 2.24) is 5.32 Å². The van der Waals surface area contributed by atoms with Gasteiger partial charge in [0.25, 0.3) is 0 Å². The number of nitrogens with one attached hydrogen (secondary N) is 1. The van der Waals surface area contributed by atoms with Gasteiger partial charge in [0.2, 0.25) is 0 Å². The van der Waals surface area contributed by atoms with Crippen molar-refractivity contribution in [2.45, 2.75) is 33.2 Å². The van der Waals surface area contributed by atoms with Crippen molar-refractivity contribution in [2.75, 3.05) is 19.7 Å². The minimum Gasteiger partial charge on any atom is -0.327 e. The first kappa shape index (κ1) is 14.4. The maximum atomic E-state index is 7.38. The van der Waals surface area contributed by atoms with E-state index in [4.69, 9.17) is 11.0 Å². The quantitative estimate of drug-likeness (QED) is 0.411. The van der Waals surface area contributed by atoms with E-state index in [9.17, 15) is 0 Å². The van der Waals surface area contributed by atoms with Crippen molar-refractivity contribution < 1.29 is 10.1 Å². The Morgan fingerprint density at radius 3 is 2.17 bits per heavy atom. The van der Waals surface area contributed by atoms with E-state index < -0.39 is 0 Å². The largest absolute Gasteiger partial charge is 0.327 e. The molecular formula is C8H22N2O2. The molecule has 1 aliphatic heterocycles. The van der Waals surface area contributed by atoms with Gasteiger partial charge in [0.15, 0.2) is 0 Å². The Kier molecular flexibility index (Phi) is 16.1. The summed E-state index contributed by atoms with van der Waals surface area (Å²) in [5, 5.41) is 10.5. The Morgan fingerprint density at radius 1 is 1.58 bits per heavy atom. The van der Waals surface area contributed by atoms with Gasteiger partial charge in [0.1, 0.15) is 0 Å². The van der Waals surface area contributed by atoms with Crippen LogP contribution >= 0.6 is 0 Å². The normalized spacial score (nSPS) is 20.2. The van der Waals surface area contributed by atoms with E-state index in [-0.39, 0.29) is 0 Å². The van der Waals surface area contributed by atoms with Crippen molar-refractivity contribution in [1.29, 1.82) is 0 Å². The molecule has 1 rings (SSSR count). The predicted octanol–water partition coefficient (Wildman–Crippen LogP) is 0.829. The van der Waals surface area contributed by atoms with Gasteiger partial charge in [-0.2, -0.15) is 0 Å². The van der Waals surface area contributed by atoms with E-state index in [1.807, 2.05) is 13.8 Å². The standard InChI is InChI=1S/C4H10N2.C2H6O2.C2H6/c5-4-1-2-6-3-4;1-2-4-3;1-2/h4,6H,1-3,5H2;3H,2H2,1H3;1-2H3. The van der Waals surface area contributed by atoms with E-state index in [1.165, 1.54) is 0 Å². The van der Waals surface area contributed by atoms with Gasteiger partial charge in [0, 0.05) is 12.6 Å². The third-order valence-electron chi connectivity index (χ3n) is 1.23. The minimum absolute atomic E-state index is 0.375. The summed E-state index contributed by atoms with van der Waals surface area (Å²) in [6.07, 6.45) is 1.15. The van der Waals surface area contributed by atoms with Crippen molar-refractivity contribution >= 4 is 0 Å². The number of hydrogen-bond acceptors (Lipinski definition) is 4. The summed E-state index contributed by atoms with van der Waals surface area (Å²) < 4.78 is 0. The van der Waals surface area contributed by atoms with Crippen LogP contribution < -0.4 is 11.1 Å². The zero-order chi connectivity index (χ0) is 9.82. The molecule has 1 fully saturated rings. The molecule has 76 valence electrons. The summed E-state index contributed by atoms with van der Waals surface area (Å²) >= 11 is 0. The molecule has 0 bridgehead atoms. The Labute approximate surface area is 75.0 Å². The van der Waals surface area contributed by atoms with Crippen LogP contribution in [0.3, 0.4) is 0 Å². The molecule has 4 nitrogen and oxygen atoms in total. The molecule has 0 aromatic rings. The second-order valence-corrected chi connectivity index (χ2v) is 2.17. The molecule has 4 heteroatoms. The van der Waals surface area contributed by atoms with Crippen LogP contribution in [0.25, 0.3) is 0 Å². The van der Waals surface area contributed by atoms with Crippen molar-refractivity contribution in [2.24, 2.45) is 5.73 Å². The van der Waals surface area contributed by atoms with E-state index in [1.54, 1.807) is 6.92 Å². The molecular weight excluding hydrogens is 156 g/mol. The fourth-order valence-corrected chi connectivity index (χ4v) is 0.677. The number of rotatable bonds is 1. The fraction of sp³-hybridized carbons (Fsp3) is 1.00. The van der Waals surface area contributed by atoms with Crippen LogP contribution in [0.5, 0.6) is 0 Å². The highest BCUT2D eigenvalue weighted by Crippen LogP contribution is 1.90. The van der Waals surface area contributed by atoms with Crippen LogP contribution in [0, 0.1) is 0 Å². The summed E-state index contributed by atoms with van der Waals surface area (Å²) in [5.41, 5.74) is 5.47. The molecule has 0 aromatic heterocycles. The van der Waals surface area contributed by atoms with E-state index >= 15 is 0 Å². The molecule has 0 radical (unpaired) electrons. The lowest BCUT2D eigenvalue weighted by atomic mass is 10.3. The number of hydrogen-bond donors (Lipinski definition) is 3. The Balaban J connectivity index is 0. The second-order valence-electron chi connectivity index (χ2n) is 2.17. The van der Waals surface area contributed by atoms with Gasteiger partial charge in [-0.3, -0.25) is 5.26 Å². The summed E-state index contributed by atoms with van der Waals surface area (Å²) in [7, 11) is 0. The zero-order valence-electron chi connectivity index (χ0n) is 8.34. The van der Waals surface area contributed by atoms with Gasteiger partial charge >= 0.3 is 0 Å². The topological polar surface area (TPSA) is 67.5 Å². The van der Waals surface area contributed by atoms with Crippen LogP contribution in [-0.4, -0.2) is 31.0 Å². The molecule has 1 heterocycles. The van der Waals surface area contributed by atoms with E-state index in [0.29, 0.717) is 12.6 Å². The predicted molar refractivity (Wildman–Crippen MR) is 51.1 cm³/mol. The molecule has 0 amide bonds. The zero-order valence-corrected chi connectivity index (χ0v) is 8.34. The van der Waals surface area contributed by atoms with Crippen molar-refractivity contribution in [3.05, 3.63) is 0 Å². The second kappa shape index (κ2) is 13.4. The highest BCUT2D eigenvalue weighted by Gasteiger charge is 2.06. The van der Waals surface area contributed by atoms with Crippen molar-refractivity contribution in [3.8, 4) is 0 Å². The average molecular weight is 178 g/mol. The lowest BCUT2D eigenvalue weighted by Crippen LogP contribution is -2.21. The summed E-state index contributed by atoms with van der Waals surface area (Å²) in [6, 6.07) is 0.435. The first-order chi connectivity index (χ1) is 5.81. The first-order valence-electron chi connectivity index (χ1n) is 4.54. The van der Waals surface area contributed by atoms with Gasteiger partial charge in [-0.1, -0.05) is 13.8 Å². The van der Waals surface area contributed by atoms with Gasteiger partial charge in [0.05, 0.1) is 6.61 Å². The SMILES string of the molecule is CC.CCOO.NC1CCNC1. The third-order valence-corrected chi connectivity index (χ3v) is 1.23. The maximum absolute atomic E-state index is 7.38. The minimum atomic E-state index is 0.375. The number of nitrogens with two attached hydrogens (primary N) is 1. The van der Waals surface area contributed by atoms with Gasteiger partial charge in [-0.15, -0.1) is 0 Å². The lowest BCUT2D eigenvalue weighted by Gasteiger charge is -1.91. The molecule has 0 spiro atoms. The molecule has 0 saturated carbocycles. The van der Waals surface area contributed by atoms with Crippen LogP contribution in [0.1, 0.15) is 27.2 Å². The first-order valence-corrected chi connectivity index (χ1v) is 4.54. The molecule has 4 N–H and O–H groups in total. The highest BCUT2D eigenvalue weighted by atomic mass is 17.1. The molecule has 1 atom stereocenters. The molecule has 12 heavy (non-hydrogen) atoms. The Bertz CT molecular complexity index is 64.1. The van der Waals surface area contributed by atoms with Crippen molar-refractivity contribution in [3.63, 3.8) is 0 Å². The summed E-state index contributed by atoms with van der Waals surface area (Å²) in [4.78, 5) is 3.54. The van der Waals surface area contributed by atoms with E-state index in [2.05, 4.69) is 10.2 Å². The Morgan fingerprint density at radius 2 is 2.08 bits per heavy atom. The van der Waals surface area contributed by atoms with Gasteiger partial charge in [-0.05, 0) is 19.9 Å². The summed E-state index contributed by atoms with van der Waals surface area (Å²) in [6.45, 7) is 8.21. The van der Waals surface area contributed by atoms with Gasteiger partial charge < -0.3 is 11.1 Å². The fourth-order valence-electron chi connectivity index (χ4n) is 0.677. The monoisotopic (exact) mass is 178 g/mol. The van der Waals surface area contributed by atoms with Crippen LogP contribution in [0.15, 0.2) is 0 Å².